The maximum Gasteiger partial charge on any atom is 0.269 e. The highest BCUT2D eigenvalue weighted by Gasteiger charge is 2.30. The second-order valence-corrected chi connectivity index (χ2v) is 6.05. The molecule has 1 aliphatic heterocycles. The van der Waals surface area contributed by atoms with Gasteiger partial charge in [-0.25, -0.2) is 4.98 Å². The number of fused-ring (bicyclic) bond motifs is 1. The minimum atomic E-state index is -0.140. The molecule has 7 heteroatoms. The van der Waals surface area contributed by atoms with E-state index in [0.29, 0.717) is 25.2 Å². The number of aromatic nitrogens is 2. The standard InChI is InChI=1S/C15H18N4O2S/c1-2-4-16-13(20)6-11-7-18-15(21)12-8-17-14(19(11)12)10-3-5-22-9-10/h3,5,8-9,11H,2,4,6-7H2,1H3,(H,16,20)(H,18,21). The molecule has 1 aliphatic rings. The third kappa shape index (κ3) is 2.76. The first-order valence-electron chi connectivity index (χ1n) is 7.35. The molecule has 0 saturated heterocycles. The topological polar surface area (TPSA) is 76.0 Å². The van der Waals surface area contributed by atoms with E-state index in [2.05, 4.69) is 15.6 Å². The summed E-state index contributed by atoms with van der Waals surface area (Å²) in [6, 6.07) is 1.86. The number of carbonyl (C=O) groups is 2. The highest BCUT2D eigenvalue weighted by molar-refractivity contribution is 7.08. The summed E-state index contributed by atoms with van der Waals surface area (Å²) >= 11 is 1.58. The zero-order chi connectivity index (χ0) is 15.5. The first-order valence-corrected chi connectivity index (χ1v) is 8.29. The summed E-state index contributed by atoms with van der Waals surface area (Å²) in [5.41, 5.74) is 1.49. The van der Waals surface area contributed by atoms with E-state index in [0.717, 1.165) is 17.8 Å². The molecule has 1 unspecified atom stereocenters. The van der Waals surface area contributed by atoms with Crippen LogP contribution in [0.2, 0.25) is 0 Å². The monoisotopic (exact) mass is 318 g/mol. The van der Waals surface area contributed by atoms with Crippen molar-refractivity contribution in [2.45, 2.75) is 25.8 Å². The SMILES string of the molecule is CCCNC(=O)CC1CNC(=O)c2cnc(-c3ccsc3)n21. The number of rotatable bonds is 5. The smallest absolute Gasteiger partial charge is 0.269 e. The van der Waals surface area contributed by atoms with Gasteiger partial charge in [0.05, 0.1) is 12.2 Å². The summed E-state index contributed by atoms with van der Waals surface area (Å²) in [7, 11) is 0. The Morgan fingerprint density at radius 2 is 2.45 bits per heavy atom. The molecule has 0 aromatic carbocycles. The summed E-state index contributed by atoms with van der Waals surface area (Å²) < 4.78 is 1.90. The second-order valence-electron chi connectivity index (χ2n) is 5.27. The fourth-order valence-electron chi connectivity index (χ4n) is 2.61. The Kier molecular flexibility index (Phi) is 4.24. The van der Waals surface area contributed by atoms with Crippen molar-refractivity contribution in [2.75, 3.05) is 13.1 Å². The van der Waals surface area contributed by atoms with E-state index in [-0.39, 0.29) is 17.9 Å². The van der Waals surface area contributed by atoms with Gasteiger partial charge >= 0.3 is 0 Å². The number of hydrogen-bond donors (Lipinski definition) is 2. The Hall–Kier alpha value is -2.15. The van der Waals surface area contributed by atoms with Crippen molar-refractivity contribution < 1.29 is 9.59 Å². The molecule has 0 fully saturated rings. The molecular weight excluding hydrogens is 300 g/mol. The number of hydrogen-bond acceptors (Lipinski definition) is 4. The predicted octanol–water partition coefficient (Wildman–Crippen LogP) is 1.81. The van der Waals surface area contributed by atoms with Crippen molar-refractivity contribution in [1.29, 1.82) is 0 Å². The van der Waals surface area contributed by atoms with Crippen LogP contribution >= 0.6 is 11.3 Å². The summed E-state index contributed by atoms with van der Waals surface area (Å²) in [6.07, 6.45) is 2.82. The van der Waals surface area contributed by atoms with Crippen molar-refractivity contribution in [3.8, 4) is 11.4 Å². The molecule has 0 bridgehead atoms. The number of carbonyl (C=O) groups excluding carboxylic acids is 2. The number of imidazole rings is 1. The normalized spacial score (nSPS) is 17.0. The van der Waals surface area contributed by atoms with Crippen molar-refractivity contribution in [1.82, 2.24) is 20.2 Å². The maximum atomic E-state index is 12.0. The van der Waals surface area contributed by atoms with Gasteiger partial charge in [-0.05, 0) is 17.9 Å². The Morgan fingerprint density at radius 3 is 3.18 bits per heavy atom. The highest BCUT2D eigenvalue weighted by atomic mass is 32.1. The van der Waals surface area contributed by atoms with Gasteiger partial charge in [0.1, 0.15) is 11.5 Å². The average molecular weight is 318 g/mol. The van der Waals surface area contributed by atoms with Gasteiger partial charge in [0, 0.05) is 30.5 Å². The van der Waals surface area contributed by atoms with Gasteiger partial charge in [0.2, 0.25) is 5.91 Å². The van der Waals surface area contributed by atoms with Gasteiger partial charge in [0.15, 0.2) is 0 Å². The first-order chi connectivity index (χ1) is 10.7. The summed E-state index contributed by atoms with van der Waals surface area (Å²) in [5, 5.41) is 9.69. The lowest BCUT2D eigenvalue weighted by Crippen LogP contribution is -2.41. The Morgan fingerprint density at radius 1 is 1.59 bits per heavy atom. The predicted molar refractivity (Wildman–Crippen MR) is 84.8 cm³/mol. The third-order valence-electron chi connectivity index (χ3n) is 3.67. The number of amides is 2. The Bertz CT molecular complexity index is 678. The number of nitrogens with one attached hydrogen (secondary N) is 2. The van der Waals surface area contributed by atoms with Crippen LogP contribution in [0.15, 0.2) is 23.0 Å². The lowest BCUT2D eigenvalue weighted by atomic mass is 10.1. The molecule has 2 amide bonds. The Balaban J connectivity index is 1.89. The van der Waals surface area contributed by atoms with E-state index in [4.69, 9.17) is 0 Å². The summed E-state index contributed by atoms with van der Waals surface area (Å²) in [5.74, 6) is 0.609. The van der Waals surface area contributed by atoms with E-state index < -0.39 is 0 Å². The minimum absolute atomic E-state index is 0.00100. The maximum absolute atomic E-state index is 12.0. The fourth-order valence-corrected chi connectivity index (χ4v) is 3.24. The van der Waals surface area contributed by atoms with Crippen molar-refractivity contribution >= 4 is 23.2 Å². The largest absolute Gasteiger partial charge is 0.356 e. The quantitative estimate of drug-likeness (QED) is 0.883. The molecule has 0 radical (unpaired) electrons. The summed E-state index contributed by atoms with van der Waals surface area (Å²) in [6.45, 7) is 3.13. The van der Waals surface area contributed by atoms with Gasteiger partial charge in [-0.15, -0.1) is 0 Å². The molecule has 0 saturated carbocycles. The third-order valence-corrected chi connectivity index (χ3v) is 4.35. The molecule has 2 aromatic rings. The molecule has 1 atom stereocenters. The van der Waals surface area contributed by atoms with Crippen LogP contribution in [0.25, 0.3) is 11.4 Å². The van der Waals surface area contributed by atoms with Crippen LogP contribution < -0.4 is 10.6 Å². The van der Waals surface area contributed by atoms with E-state index >= 15 is 0 Å². The molecule has 0 aliphatic carbocycles. The number of thiophene rings is 1. The van der Waals surface area contributed by atoms with Gasteiger partial charge in [0.25, 0.3) is 5.91 Å². The van der Waals surface area contributed by atoms with Crippen molar-refractivity contribution in [3.63, 3.8) is 0 Å². The summed E-state index contributed by atoms with van der Waals surface area (Å²) in [4.78, 5) is 28.4. The zero-order valence-electron chi connectivity index (χ0n) is 12.3. The molecule has 3 heterocycles. The van der Waals surface area contributed by atoms with E-state index in [1.54, 1.807) is 17.5 Å². The van der Waals surface area contributed by atoms with Crippen LogP contribution in [0, 0.1) is 0 Å². The van der Waals surface area contributed by atoms with Crippen LogP contribution in [0.5, 0.6) is 0 Å². The fraction of sp³-hybridized carbons (Fsp3) is 0.400. The minimum Gasteiger partial charge on any atom is -0.356 e. The average Bonchev–Trinajstić information content (AvgIpc) is 3.16. The van der Waals surface area contributed by atoms with Gasteiger partial charge in [-0.2, -0.15) is 11.3 Å². The number of nitrogens with zero attached hydrogens (tertiary/aromatic N) is 2. The van der Waals surface area contributed by atoms with Gasteiger partial charge in [-0.3, -0.25) is 9.59 Å². The van der Waals surface area contributed by atoms with E-state index in [1.165, 1.54) is 0 Å². The Labute approximate surface area is 132 Å². The van der Waals surface area contributed by atoms with E-state index in [1.807, 2.05) is 28.3 Å². The van der Waals surface area contributed by atoms with E-state index in [9.17, 15) is 9.59 Å². The lowest BCUT2D eigenvalue weighted by Gasteiger charge is -2.27. The first kappa shape index (κ1) is 14.8. The molecule has 22 heavy (non-hydrogen) atoms. The molecule has 3 rings (SSSR count). The van der Waals surface area contributed by atoms with Gasteiger partial charge < -0.3 is 15.2 Å². The van der Waals surface area contributed by atoms with Crippen LogP contribution in [0.3, 0.4) is 0 Å². The molecule has 116 valence electrons. The van der Waals surface area contributed by atoms with Crippen molar-refractivity contribution in [2.24, 2.45) is 0 Å². The molecule has 2 aromatic heterocycles. The van der Waals surface area contributed by atoms with Crippen LogP contribution in [0.4, 0.5) is 0 Å². The van der Waals surface area contributed by atoms with Crippen LogP contribution in [-0.2, 0) is 4.79 Å². The zero-order valence-corrected chi connectivity index (χ0v) is 13.2. The highest BCUT2D eigenvalue weighted by Crippen LogP contribution is 2.29. The second kappa shape index (κ2) is 6.31. The van der Waals surface area contributed by atoms with Crippen LogP contribution in [-0.4, -0.2) is 34.5 Å². The molecule has 6 nitrogen and oxygen atoms in total. The molecular formula is C15H18N4O2S. The van der Waals surface area contributed by atoms with Crippen LogP contribution in [0.1, 0.15) is 36.3 Å². The van der Waals surface area contributed by atoms with Gasteiger partial charge in [-0.1, -0.05) is 6.92 Å². The van der Waals surface area contributed by atoms with Crippen molar-refractivity contribution in [3.05, 3.63) is 28.7 Å². The molecule has 0 spiro atoms. The lowest BCUT2D eigenvalue weighted by molar-refractivity contribution is -0.121. The molecule has 2 N–H and O–H groups in total.